The van der Waals surface area contributed by atoms with Crippen LogP contribution in [0.5, 0.6) is 0 Å². The molecule has 0 aliphatic heterocycles. The van der Waals surface area contributed by atoms with Gasteiger partial charge in [0.2, 0.25) is 9.46 Å². The van der Waals surface area contributed by atoms with Crippen molar-refractivity contribution >= 4 is 16.3 Å². The molecule has 1 atom stereocenters. The molecule has 0 saturated carbocycles. The summed E-state index contributed by atoms with van der Waals surface area (Å²) in [6.45, 7) is -3.68. The molecule has 0 amide bonds. The van der Waals surface area contributed by atoms with Crippen molar-refractivity contribution < 1.29 is 41.3 Å². The molecule has 0 aromatic heterocycles. The van der Waals surface area contributed by atoms with Crippen LogP contribution in [0.3, 0.4) is 0 Å². The minimum atomic E-state index is -4.83. The van der Waals surface area contributed by atoms with Crippen LogP contribution >= 0.6 is 6.80 Å². The minimum Gasteiger partial charge on any atom is -0.767 e. The summed E-state index contributed by atoms with van der Waals surface area (Å²) in [5, 5.41) is 0. The van der Waals surface area contributed by atoms with E-state index in [4.69, 9.17) is 0 Å². The first-order valence-corrected chi connectivity index (χ1v) is 6.79. The first-order valence-electron chi connectivity index (χ1n) is 2.99. The topological polar surface area (TPSA) is 83.5 Å². The second kappa shape index (κ2) is 5.88. The van der Waals surface area contributed by atoms with Crippen molar-refractivity contribution in [3.8, 4) is 12.3 Å². The van der Waals surface area contributed by atoms with Crippen LogP contribution in [-0.2, 0) is 18.5 Å². The standard InChI is InChI=1S/C5H9O5PS.Li/c1-3-5-12(8,9)11(6,7)10-4-2;/h1H,4-5H2,2H3,(H,6,7);/q;+1/p-1. The van der Waals surface area contributed by atoms with E-state index >= 15 is 0 Å². The Balaban J connectivity index is 0. The summed E-state index contributed by atoms with van der Waals surface area (Å²) in [6.07, 6.45) is 4.66. The summed E-state index contributed by atoms with van der Waals surface area (Å²) in [4.78, 5) is 10.8. The van der Waals surface area contributed by atoms with Crippen LogP contribution in [0.1, 0.15) is 6.92 Å². The van der Waals surface area contributed by atoms with E-state index in [1.165, 1.54) is 6.92 Å². The summed E-state index contributed by atoms with van der Waals surface area (Å²) in [7, 11) is -4.33. The van der Waals surface area contributed by atoms with Crippen LogP contribution in [0, 0.1) is 12.3 Å². The third-order valence-electron chi connectivity index (χ3n) is 0.894. The van der Waals surface area contributed by atoms with Gasteiger partial charge in [0, 0.05) is 0 Å². The van der Waals surface area contributed by atoms with E-state index in [1.54, 1.807) is 5.92 Å². The van der Waals surface area contributed by atoms with Gasteiger partial charge >= 0.3 is 18.9 Å². The van der Waals surface area contributed by atoms with E-state index in [1.807, 2.05) is 0 Å². The first-order chi connectivity index (χ1) is 5.37. The Kier molecular flexibility index (Phi) is 7.11. The van der Waals surface area contributed by atoms with Crippen molar-refractivity contribution in [1.29, 1.82) is 0 Å². The van der Waals surface area contributed by atoms with Crippen LogP contribution in [0.25, 0.3) is 0 Å². The summed E-state index contributed by atoms with van der Waals surface area (Å²) in [6, 6.07) is 0. The van der Waals surface area contributed by atoms with Gasteiger partial charge in [-0.05, 0) is 6.92 Å². The molecule has 0 rings (SSSR count). The van der Waals surface area contributed by atoms with Crippen LogP contribution in [0.4, 0.5) is 0 Å². The smallest absolute Gasteiger partial charge is 0.767 e. The van der Waals surface area contributed by atoms with Crippen LogP contribution < -0.4 is 23.8 Å². The van der Waals surface area contributed by atoms with Gasteiger partial charge in [-0.15, -0.1) is 6.42 Å². The van der Waals surface area contributed by atoms with Crippen LogP contribution in [-0.4, -0.2) is 20.8 Å². The number of hydrogen-bond acceptors (Lipinski definition) is 5. The van der Waals surface area contributed by atoms with Crippen molar-refractivity contribution in [2.45, 2.75) is 6.92 Å². The van der Waals surface area contributed by atoms with Gasteiger partial charge in [0.15, 0.2) is 0 Å². The summed E-state index contributed by atoms with van der Waals surface area (Å²) in [5.74, 6) is 0.879. The molecule has 70 valence electrons. The average Bonchev–Trinajstić information content (AvgIpc) is 1.86. The monoisotopic (exact) mass is 218 g/mol. The van der Waals surface area contributed by atoms with Crippen molar-refractivity contribution in [3.63, 3.8) is 0 Å². The number of terminal acetylenes is 1. The van der Waals surface area contributed by atoms with E-state index in [-0.39, 0.29) is 25.5 Å². The second-order valence-electron chi connectivity index (χ2n) is 1.80. The number of rotatable bonds is 4. The summed E-state index contributed by atoms with van der Waals surface area (Å²) >= 11 is 0. The SMILES string of the molecule is C#CCS(=O)(=O)P(=O)([O-])OCC.[Li+]. The Bertz CT molecular complexity index is 329. The molecule has 0 aliphatic rings. The molecule has 0 radical (unpaired) electrons. The molecule has 0 heterocycles. The Labute approximate surface area is 89.2 Å². The third-order valence-corrected chi connectivity index (χ3v) is 5.43. The maximum Gasteiger partial charge on any atom is 1.00 e. The molecule has 13 heavy (non-hydrogen) atoms. The van der Waals surface area contributed by atoms with Gasteiger partial charge in [0.05, 0.1) is 6.61 Å². The fourth-order valence-corrected chi connectivity index (χ4v) is 2.76. The molecule has 0 aromatic carbocycles. The fourth-order valence-electron chi connectivity index (χ4n) is 0.423. The molecule has 0 fully saturated rings. The van der Waals surface area contributed by atoms with Crippen LogP contribution in [0.15, 0.2) is 0 Å². The third kappa shape index (κ3) is 4.33. The zero-order valence-corrected chi connectivity index (χ0v) is 9.10. The van der Waals surface area contributed by atoms with Crippen molar-refractivity contribution in [3.05, 3.63) is 0 Å². The van der Waals surface area contributed by atoms with E-state index in [9.17, 15) is 17.9 Å². The molecule has 5 nitrogen and oxygen atoms in total. The van der Waals surface area contributed by atoms with E-state index in [0.717, 1.165) is 0 Å². The molecule has 0 aliphatic carbocycles. The Morgan fingerprint density at radius 3 is 2.38 bits per heavy atom. The molecule has 1 unspecified atom stereocenters. The van der Waals surface area contributed by atoms with Gasteiger partial charge < -0.3 is 9.42 Å². The van der Waals surface area contributed by atoms with Crippen LogP contribution in [0.2, 0.25) is 0 Å². The van der Waals surface area contributed by atoms with Crippen molar-refractivity contribution in [1.82, 2.24) is 0 Å². The molecule has 0 aromatic rings. The first kappa shape index (κ1) is 15.7. The zero-order valence-electron chi connectivity index (χ0n) is 7.39. The fraction of sp³-hybridized carbons (Fsp3) is 0.600. The van der Waals surface area contributed by atoms with E-state index < -0.39 is 22.0 Å². The molecule has 0 spiro atoms. The molecular weight excluding hydrogens is 210 g/mol. The maximum atomic E-state index is 10.8. The Hall–Kier alpha value is 0.257. The molecule has 8 heteroatoms. The maximum absolute atomic E-state index is 10.8. The predicted octanol–water partition coefficient (Wildman–Crippen LogP) is -3.46. The summed E-state index contributed by atoms with van der Waals surface area (Å²) < 4.78 is 36.4. The van der Waals surface area contributed by atoms with Gasteiger partial charge in [-0.3, -0.25) is 4.57 Å². The zero-order chi connectivity index (χ0) is 9.83. The molecule has 0 saturated heterocycles. The second-order valence-corrected chi connectivity index (χ2v) is 7.41. The number of hydrogen-bond donors (Lipinski definition) is 0. The quantitative estimate of drug-likeness (QED) is 0.278. The minimum absolute atomic E-state index is 0. The van der Waals surface area contributed by atoms with Gasteiger partial charge in [-0.1, -0.05) is 5.92 Å². The summed E-state index contributed by atoms with van der Waals surface area (Å²) in [5.41, 5.74) is 0. The van der Waals surface area contributed by atoms with E-state index in [2.05, 4.69) is 10.9 Å². The average molecular weight is 218 g/mol. The predicted molar refractivity (Wildman–Crippen MR) is 41.9 cm³/mol. The van der Waals surface area contributed by atoms with Crippen molar-refractivity contribution in [2.75, 3.05) is 12.4 Å². The Morgan fingerprint density at radius 2 is 2.08 bits per heavy atom. The Morgan fingerprint density at radius 1 is 1.62 bits per heavy atom. The van der Waals surface area contributed by atoms with E-state index in [0.29, 0.717) is 0 Å². The van der Waals surface area contributed by atoms with Gasteiger partial charge in [-0.2, -0.15) is 0 Å². The molecular formula is C5H8LiO5PS. The molecule has 0 N–H and O–H groups in total. The molecule has 0 bridgehead atoms. The largest absolute Gasteiger partial charge is 1.00 e. The van der Waals surface area contributed by atoms with Gasteiger partial charge in [0.25, 0.3) is 6.80 Å². The van der Waals surface area contributed by atoms with Gasteiger partial charge in [-0.25, -0.2) is 8.42 Å². The van der Waals surface area contributed by atoms with Gasteiger partial charge in [0.1, 0.15) is 5.75 Å². The normalized spacial score (nSPS) is 15.2. The van der Waals surface area contributed by atoms with Crippen molar-refractivity contribution in [2.24, 2.45) is 0 Å².